The zero-order valence-corrected chi connectivity index (χ0v) is 10.6. The molecule has 6 heteroatoms. The molecule has 1 aromatic rings. The SMILES string of the molecule is CCOC(=O)C(=O)c1cccc2c1S(=O)(=O)CC2. The van der Waals surface area contributed by atoms with Crippen LogP contribution in [0.3, 0.4) is 0 Å². The fraction of sp³-hybridized carbons (Fsp3) is 0.333. The third kappa shape index (κ3) is 2.03. The topological polar surface area (TPSA) is 77.5 Å². The Morgan fingerprint density at radius 2 is 2.06 bits per heavy atom. The Morgan fingerprint density at radius 3 is 2.72 bits per heavy atom. The van der Waals surface area contributed by atoms with Crippen LogP contribution in [0, 0.1) is 0 Å². The Hall–Kier alpha value is -1.69. The average molecular weight is 268 g/mol. The number of carbonyl (C=O) groups is 2. The van der Waals surface area contributed by atoms with Crippen LogP contribution < -0.4 is 0 Å². The fourth-order valence-corrected chi connectivity index (χ4v) is 3.74. The van der Waals surface area contributed by atoms with Crippen LogP contribution in [0.25, 0.3) is 0 Å². The van der Waals surface area contributed by atoms with E-state index < -0.39 is 21.6 Å². The van der Waals surface area contributed by atoms with Gasteiger partial charge in [0.05, 0.1) is 17.3 Å². The molecule has 0 saturated carbocycles. The van der Waals surface area contributed by atoms with E-state index in [9.17, 15) is 18.0 Å². The van der Waals surface area contributed by atoms with Crippen molar-refractivity contribution in [2.45, 2.75) is 18.2 Å². The maximum absolute atomic E-state index is 11.9. The Kier molecular flexibility index (Phi) is 3.21. The number of rotatable bonds is 3. The van der Waals surface area contributed by atoms with Crippen molar-refractivity contribution in [3.05, 3.63) is 29.3 Å². The van der Waals surface area contributed by atoms with Gasteiger partial charge in [-0.2, -0.15) is 0 Å². The molecule has 96 valence electrons. The molecule has 0 saturated heterocycles. The fourth-order valence-electron chi connectivity index (χ4n) is 1.98. The summed E-state index contributed by atoms with van der Waals surface area (Å²) < 4.78 is 28.3. The number of Topliss-reactive ketones (excluding diaryl/α,β-unsaturated/α-hetero) is 1. The van der Waals surface area contributed by atoms with Gasteiger partial charge in [0, 0.05) is 5.56 Å². The Labute approximate surface area is 105 Å². The first-order chi connectivity index (χ1) is 8.47. The lowest BCUT2D eigenvalue weighted by atomic mass is 10.1. The first-order valence-corrected chi connectivity index (χ1v) is 7.18. The van der Waals surface area contributed by atoms with Crippen molar-refractivity contribution >= 4 is 21.6 Å². The summed E-state index contributed by atoms with van der Waals surface area (Å²) in [4.78, 5) is 23.2. The molecule has 0 unspecified atom stereocenters. The molecule has 0 radical (unpaired) electrons. The van der Waals surface area contributed by atoms with Crippen LogP contribution in [0.15, 0.2) is 23.1 Å². The van der Waals surface area contributed by atoms with Crippen LogP contribution >= 0.6 is 0 Å². The summed E-state index contributed by atoms with van der Waals surface area (Å²) in [5.74, 6) is -1.94. The number of benzene rings is 1. The highest BCUT2D eigenvalue weighted by Gasteiger charge is 2.33. The molecule has 0 N–H and O–H groups in total. The monoisotopic (exact) mass is 268 g/mol. The van der Waals surface area contributed by atoms with E-state index in [0.29, 0.717) is 12.0 Å². The molecule has 1 heterocycles. The largest absolute Gasteiger partial charge is 0.460 e. The van der Waals surface area contributed by atoms with E-state index in [1.165, 1.54) is 6.07 Å². The van der Waals surface area contributed by atoms with Gasteiger partial charge >= 0.3 is 5.97 Å². The van der Waals surface area contributed by atoms with Crippen molar-refractivity contribution in [1.82, 2.24) is 0 Å². The zero-order chi connectivity index (χ0) is 13.3. The molecular formula is C12H12O5S. The van der Waals surface area contributed by atoms with E-state index in [4.69, 9.17) is 0 Å². The van der Waals surface area contributed by atoms with E-state index >= 15 is 0 Å². The third-order valence-electron chi connectivity index (χ3n) is 2.75. The number of hydrogen-bond acceptors (Lipinski definition) is 5. The van der Waals surface area contributed by atoms with Gasteiger partial charge < -0.3 is 4.74 Å². The second-order valence-corrected chi connectivity index (χ2v) is 5.96. The number of esters is 1. The number of ketones is 1. The first-order valence-electron chi connectivity index (χ1n) is 5.53. The van der Waals surface area contributed by atoms with Crippen LogP contribution in [0.5, 0.6) is 0 Å². The third-order valence-corrected chi connectivity index (χ3v) is 4.60. The molecule has 0 atom stereocenters. The summed E-state index contributed by atoms with van der Waals surface area (Å²) in [6.45, 7) is 1.66. The summed E-state index contributed by atoms with van der Waals surface area (Å²) in [6, 6.07) is 4.58. The summed E-state index contributed by atoms with van der Waals surface area (Å²) in [6.07, 6.45) is 0.377. The molecule has 0 fully saturated rings. The molecule has 18 heavy (non-hydrogen) atoms. The minimum Gasteiger partial charge on any atom is -0.460 e. The second kappa shape index (κ2) is 4.53. The van der Waals surface area contributed by atoms with Gasteiger partial charge in [0.2, 0.25) is 0 Å². The van der Waals surface area contributed by atoms with Crippen LogP contribution in [0.1, 0.15) is 22.8 Å². The first kappa shape index (κ1) is 12.8. The zero-order valence-electron chi connectivity index (χ0n) is 9.80. The van der Waals surface area contributed by atoms with Crippen LogP contribution in [0.4, 0.5) is 0 Å². The number of carbonyl (C=O) groups excluding carboxylic acids is 2. The minimum absolute atomic E-state index is 0.0111. The summed E-state index contributed by atoms with van der Waals surface area (Å²) in [5.41, 5.74) is 0.508. The standard InChI is InChI=1S/C12H12O5S/c1-2-17-12(14)10(13)9-5-3-4-8-6-7-18(15,16)11(8)9/h3-5H,2,6-7H2,1H3. The van der Waals surface area contributed by atoms with Crippen molar-refractivity contribution in [3.8, 4) is 0 Å². The van der Waals surface area contributed by atoms with Crippen LogP contribution in [-0.2, 0) is 25.8 Å². The van der Waals surface area contributed by atoms with Gasteiger partial charge in [0.15, 0.2) is 9.84 Å². The maximum atomic E-state index is 11.9. The highest BCUT2D eigenvalue weighted by atomic mass is 32.2. The van der Waals surface area contributed by atoms with Crippen molar-refractivity contribution in [2.75, 3.05) is 12.4 Å². The normalized spacial score (nSPS) is 16.1. The molecular weight excluding hydrogens is 256 g/mol. The molecule has 5 nitrogen and oxygen atoms in total. The maximum Gasteiger partial charge on any atom is 0.379 e. The van der Waals surface area contributed by atoms with Gasteiger partial charge in [-0.05, 0) is 25.0 Å². The van der Waals surface area contributed by atoms with Gasteiger partial charge in [-0.1, -0.05) is 12.1 Å². The lowest BCUT2D eigenvalue weighted by molar-refractivity contribution is -0.137. The highest BCUT2D eigenvalue weighted by Crippen LogP contribution is 2.29. The van der Waals surface area contributed by atoms with E-state index in [2.05, 4.69) is 4.74 Å². The highest BCUT2D eigenvalue weighted by molar-refractivity contribution is 7.91. The lowest BCUT2D eigenvalue weighted by Gasteiger charge is -2.06. The summed E-state index contributed by atoms with van der Waals surface area (Å²) in [7, 11) is -3.46. The smallest absolute Gasteiger partial charge is 0.379 e. The average Bonchev–Trinajstić information content (AvgIpc) is 2.65. The van der Waals surface area contributed by atoms with E-state index in [1.54, 1.807) is 19.1 Å². The minimum atomic E-state index is -3.46. The number of fused-ring (bicyclic) bond motifs is 1. The Morgan fingerprint density at radius 1 is 1.33 bits per heavy atom. The Bertz CT molecular complexity index is 615. The summed E-state index contributed by atoms with van der Waals surface area (Å²) >= 11 is 0. The van der Waals surface area contributed by atoms with E-state index in [0.717, 1.165) is 0 Å². The van der Waals surface area contributed by atoms with E-state index in [-0.39, 0.29) is 22.8 Å². The number of sulfone groups is 1. The van der Waals surface area contributed by atoms with Gasteiger partial charge in [-0.15, -0.1) is 0 Å². The molecule has 0 aliphatic carbocycles. The molecule has 0 bridgehead atoms. The Balaban J connectivity index is 2.52. The molecule has 0 amide bonds. The van der Waals surface area contributed by atoms with Crippen LogP contribution in [-0.4, -0.2) is 32.5 Å². The molecule has 1 aliphatic rings. The van der Waals surface area contributed by atoms with Gasteiger partial charge in [0.1, 0.15) is 0 Å². The van der Waals surface area contributed by atoms with E-state index in [1.807, 2.05) is 0 Å². The molecule has 1 aliphatic heterocycles. The molecule has 0 spiro atoms. The number of aryl methyl sites for hydroxylation is 1. The number of ether oxygens (including phenoxy) is 1. The molecule has 1 aromatic carbocycles. The predicted octanol–water partition coefficient (Wildman–Crippen LogP) is 0.762. The van der Waals surface area contributed by atoms with Crippen molar-refractivity contribution in [2.24, 2.45) is 0 Å². The second-order valence-electron chi connectivity index (χ2n) is 3.91. The number of hydrogen-bond donors (Lipinski definition) is 0. The van der Waals surface area contributed by atoms with Crippen molar-refractivity contribution in [1.29, 1.82) is 0 Å². The molecule has 0 aromatic heterocycles. The quantitative estimate of drug-likeness (QED) is 0.459. The van der Waals surface area contributed by atoms with Crippen LogP contribution in [0.2, 0.25) is 0 Å². The predicted molar refractivity (Wildman–Crippen MR) is 63.2 cm³/mol. The van der Waals surface area contributed by atoms with Gasteiger partial charge in [0.25, 0.3) is 5.78 Å². The molecule has 2 rings (SSSR count). The summed E-state index contributed by atoms with van der Waals surface area (Å²) in [5, 5.41) is 0. The van der Waals surface area contributed by atoms with Crippen molar-refractivity contribution in [3.63, 3.8) is 0 Å². The van der Waals surface area contributed by atoms with Gasteiger partial charge in [-0.3, -0.25) is 4.79 Å². The lowest BCUT2D eigenvalue weighted by Crippen LogP contribution is -2.20. The van der Waals surface area contributed by atoms with Gasteiger partial charge in [-0.25, -0.2) is 13.2 Å². The van der Waals surface area contributed by atoms with Crippen molar-refractivity contribution < 1.29 is 22.7 Å².